The number of piperidine rings is 1. The van der Waals surface area contributed by atoms with Gasteiger partial charge in [0.15, 0.2) is 15.8 Å². The van der Waals surface area contributed by atoms with E-state index in [1.807, 2.05) is 12.1 Å². The quantitative estimate of drug-likeness (QED) is 0.302. The molecule has 7 nitrogen and oxygen atoms in total. The number of rotatable bonds is 7. The van der Waals surface area contributed by atoms with Crippen LogP contribution in [0.1, 0.15) is 30.6 Å². The molecule has 1 atom stereocenters. The Morgan fingerprint density at radius 1 is 1.03 bits per heavy atom. The van der Waals surface area contributed by atoms with Crippen LogP contribution in [0.4, 0.5) is 0 Å². The zero-order chi connectivity index (χ0) is 21.5. The minimum atomic E-state index is -2.93. The molecule has 0 bridgehead atoms. The number of furan rings is 1. The van der Waals surface area contributed by atoms with Crippen molar-refractivity contribution in [3.63, 3.8) is 0 Å². The van der Waals surface area contributed by atoms with Crippen LogP contribution in [0.2, 0.25) is 0 Å². The third-order valence-electron chi connectivity index (χ3n) is 5.96. The molecule has 0 aliphatic carbocycles. The highest BCUT2D eigenvalue weighted by atomic mass is 127. The summed E-state index contributed by atoms with van der Waals surface area (Å²) in [5.74, 6) is 2.06. The molecule has 0 spiro atoms. The van der Waals surface area contributed by atoms with Gasteiger partial charge in [-0.2, -0.15) is 0 Å². The molecule has 1 aromatic carbocycles. The largest absolute Gasteiger partial charge is 0.469 e. The summed E-state index contributed by atoms with van der Waals surface area (Å²) in [7, 11) is -2.93. The molecule has 0 amide bonds. The first-order chi connectivity index (χ1) is 15.1. The number of aliphatic imine (C=N–C) groups is 1. The number of sulfone groups is 1. The molecule has 2 saturated heterocycles. The Morgan fingerprint density at radius 3 is 2.44 bits per heavy atom. The molecule has 2 aliphatic rings. The summed E-state index contributed by atoms with van der Waals surface area (Å²) >= 11 is 0. The second-order valence-electron chi connectivity index (χ2n) is 8.48. The van der Waals surface area contributed by atoms with Gasteiger partial charge < -0.3 is 15.1 Å². The number of hydrogen-bond acceptors (Lipinski definition) is 5. The van der Waals surface area contributed by atoms with Crippen LogP contribution in [0, 0.1) is 0 Å². The maximum absolute atomic E-state index is 11.8. The van der Waals surface area contributed by atoms with Crippen LogP contribution in [-0.2, 0) is 22.8 Å². The second-order valence-corrected chi connectivity index (χ2v) is 10.7. The molecule has 0 radical (unpaired) electrons. The van der Waals surface area contributed by atoms with E-state index in [4.69, 9.17) is 9.41 Å². The van der Waals surface area contributed by atoms with Gasteiger partial charge in [0.25, 0.3) is 0 Å². The molecule has 0 saturated carbocycles. The summed E-state index contributed by atoms with van der Waals surface area (Å²) in [6.45, 7) is 3.64. The van der Waals surface area contributed by atoms with Crippen molar-refractivity contribution in [3.05, 3.63) is 60.1 Å². The van der Waals surface area contributed by atoms with Crippen LogP contribution in [0.15, 0.2) is 58.1 Å². The summed E-state index contributed by atoms with van der Waals surface area (Å²) in [6.07, 6.45) is 5.10. The number of nitrogens with zero attached hydrogens (tertiary/aromatic N) is 2. The standard InChI is InChI=1S/C23H32N4O3S.HI/c28-31(29)16-11-21(18-31)26-23(24-12-8-22-7-4-15-30-22)25-20-9-13-27(14-10-20)17-19-5-2-1-3-6-19;/h1-7,15,20-21H,8-14,16-18H2,(H2,24,25,26);1H. The molecular weight excluding hydrogens is 539 g/mol. The maximum atomic E-state index is 11.8. The van der Waals surface area contributed by atoms with E-state index >= 15 is 0 Å². The number of likely N-dealkylation sites (tertiary alicyclic amines) is 1. The Bertz CT molecular complexity index is 943. The van der Waals surface area contributed by atoms with Crippen LogP contribution in [0.3, 0.4) is 0 Å². The monoisotopic (exact) mass is 572 g/mol. The molecule has 1 aromatic heterocycles. The first-order valence-electron chi connectivity index (χ1n) is 11.1. The molecule has 176 valence electrons. The predicted octanol–water partition coefficient (Wildman–Crippen LogP) is 2.83. The van der Waals surface area contributed by atoms with Crippen molar-refractivity contribution in [2.75, 3.05) is 31.1 Å². The van der Waals surface area contributed by atoms with E-state index in [0.717, 1.165) is 50.6 Å². The van der Waals surface area contributed by atoms with Crippen LogP contribution in [0.25, 0.3) is 0 Å². The Hall–Kier alpha value is -1.59. The number of benzene rings is 1. The third kappa shape index (κ3) is 7.77. The van der Waals surface area contributed by atoms with Crippen molar-refractivity contribution >= 4 is 39.8 Å². The molecule has 9 heteroatoms. The van der Waals surface area contributed by atoms with Crippen molar-refractivity contribution in [1.82, 2.24) is 15.5 Å². The van der Waals surface area contributed by atoms with Gasteiger partial charge in [-0.3, -0.25) is 9.89 Å². The fourth-order valence-electron chi connectivity index (χ4n) is 4.24. The maximum Gasteiger partial charge on any atom is 0.191 e. The van der Waals surface area contributed by atoms with E-state index in [1.165, 1.54) is 5.56 Å². The van der Waals surface area contributed by atoms with Gasteiger partial charge in [0.2, 0.25) is 0 Å². The van der Waals surface area contributed by atoms with Crippen LogP contribution >= 0.6 is 24.0 Å². The smallest absolute Gasteiger partial charge is 0.191 e. The topological polar surface area (TPSA) is 86.9 Å². The van der Waals surface area contributed by atoms with Crippen LogP contribution in [-0.4, -0.2) is 62.5 Å². The second kappa shape index (κ2) is 12.0. The van der Waals surface area contributed by atoms with Crippen molar-refractivity contribution in [1.29, 1.82) is 0 Å². The van der Waals surface area contributed by atoms with E-state index in [1.54, 1.807) is 6.26 Å². The fraction of sp³-hybridized carbons (Fsp3) is 0.522. The Morgan fingerprint density at radius 2 is 1.78 bits per heavy atom. The summed E-state index contributed by atoms with van der Waals surface area (Å²) in [4.78, 5) is 7.20. The van der Waals surface area contributed by atoms with Crippen molar-refractivity contribution in [2.24, 2.45) is 4.99 Å². The number of halogens is 1. The van der Waals surface area contributed by atoms with Gasteiger partial charge in [0, 0.05) is 44.7 Å². The number of hydrogen-bond donors (Lipinski definition) is 2. The van der Waals surface area contributed by atoms with Gasteiger partial charge in [0.1, 0.15) is 5.76 Å². The van der Waals surface area contributed by atoms with Crippen molar-refractivity contribution in [3.8, 4) is 0 Å². The summed E-state index contributed by atoms with van der Waals surface area (Å²) in [6, 6.07) is 14.7. The normalized spacial score (nSPS) is 21.8. The molecule has 2 aliphatic heterocycles. The van der Waals surface area contributed by atoms with Gasteiger partial charge in [-0.15, -0.1) is 24.0 Å². The van der Waals surface area contributed by atoms with Crippen LogP contribution in [0.5, 0.6) is 0 Å². The Balaban J connectivity index is 0.00000289. The minimum absolute atomic E-state index is 0. The SMILES string of the molecule is I.O=S1(=O)CCC(NC(=NCCc2ccco2)NC2CCN(Cc3ccccc3)CC2)C1. The van der Waals surface area contributed by atoms with Crippen LogP contribution < -0.4 is 10.6 Å². The zero-order valence-corrected chi connectivity index (χ0v) is 21.4. The fourth-order valence-corrected chi connectivity index (χ4v) is 5.91. The average Bonchev–Trinajstić information content (AvgIpc) is 3.39. The third-order valence-corrected chi connectivity index (χ3v) is 7.73. The lowest BCUT2D eigenvalue weighted by Gasteiger charge is -2.33. The van der Waals surface area contributed by atoms with E-state index in [0.29, 0.717) is 19.0 Å². The first kappa shape index (κ1) is 25.0. The lowest BCUT2D eigenvalue weighted by atomic mass is 10.0. The van der Waals surface area contributed by atoms with E-state index in [-0.39, 0.29) is 41.5 Å². The van der Waals surface area contributed by atoms with E-state index < -0.39 is 9.84 Å². The van der Waals surface area contributed by atoms with Gasteiger partial charge in [0.05, 0.1) is 17.8 Å². The molecule has 3 heterocycles. The Kier molecular flexibility index (Phi) is 9.42. The lowest BCUT2D eigenvalue weighted by Crippen LogP contribution is -2.51. The van der Waals surface area contributed by atoms with Gasteiger partial charge in [-0.25, -0.2) is 8.42 Å². The van der Waals surface area contributed by atoms with E-state index in [9.17, 15) is 8.42 Å². The van der Waals surface area contributed by atoms with E-state index in [2.05, 4.69) is 45.9 Å². The minimum Gasteiger partial charge on any atom is -0.469 e. The summed E-state index contributed by atoms with van der Waals surface area (Å²) in [5, 5.41) is 6.93. The molecule has 4 rings (SSSR count). The zero-order valence-electron chi connectivity index (χ0n) is 18.3. The Labute approximate surface area is 208 Å². The number of guanidine groups is 1. The molecule has 2 N–H and O–H groups in total. The molecular formula is C23H33IN4O3S. The summed E-state index contributed by atoms with van der Waals surface area (Å²) < 4.78 is 29.1. The predicted molar refractivity (Wildman–Crippen MR) is 138 cm³/mol. The molecule has 1 unspecified atom stereocenters. The molecule has 2 aromatic rings. The highest BCUT2D eigenvalue weighted by Gasteiger charge is 2.29. The van der Waals surface area contributed by atoms with Crippen molar-refractivity contribution < 1.29 is 12.8 Å². The highest BCUT2D eigenvalue weighted by Crippen LogP contribution is 2.15. The molecule has 2 fully saturated rings. The molecule has 32 heavy (non-hydrogen) atoms. The summed E-state index contributed by atoms with van der Waals surface area (Å²) in [5.41, 5.74) is 1.35. The van der Waals surface area contributed by atoms with Crippen molar-refractivity contribution in [2.45, 2.75) is 44.3 Å². The number of nitrogens with one attached hydrogen (secondary N) is 2. The van der Waals surface area contributed by atoms with Gasteiger partial charge in [-0.05, 0) is 37.0 Å². The highest BCUT2D eigenvalue weighted by molar-refractivity contribution is 14.0. The average molecular weight is 573 g/mol. The van der Waals surface area contributed by atoms with Gasteiger partial charge in [-0.1, -0.05) is 30.3 Å². The first-order valence-corrected chi connectivity index (χ1v) is 12.9. The lowest BCUT2D eigenvalue weighted by molar-refractivity contribution is 0.198. The van der Waals surface area contributed by atoms with Gasteiger partial charge >= 0.3 is 0 Å².